The second kappa shape index (κ2) is 9.42. The van der Waals surface area contributed by atoms with Crippen LogP contribution in [0.5, 0.6) is 0 Å². The number of rotatable bonds is 3. The summed E-state index contributed by atoms with van der Waals surface area (Å²) in [5.74, 6) is -3.18. The quantitative estimate of drug-likeness (QED) is 0.375. The minimum atomic E-state index is -4.54. The standard InChI is InChI=1S/C21H21F5N4O/c22-17-9-4-12(10-18(17)23)19(31)30-20(28-15-7-5-14(27)6-8-15)29-16-3-1-2-13(11-16)21(24,25)26/h1-4,9-11,14-15H,5-8,27H2,(H2,28,29,30,31). The summed E-state index contributed by atoms with van der Waals surface area (Å²) in [5, 5.41) is 5.14. The van der Waals surface area contributed by atoms with Crippen LogP contribution in [0.4, 0.5) is 27.6 Å². The van der Waals surface area contributed by atoms with Crippen molar-refractivity contribution in [3.05, 3.63) is 65.2 Å². The van der Waals surface area contributed by atoms with Crippen molar-refractivity contribution in [3.8, 4) is 0 Å². The average molecular weight is 440 g/mol. The van der Waals surface area contributed by atoms with Gasteiger partial charge in [0.25, 0.3) is 5.91 Å². The lowest BCUT2D eigenvalue weighted by Gasteiger charge is -2.24. The molecule has 0 aromatic heterocycles. The first-order chi connectivity index (χ1) is 14.6. The predicted octanol–water partition coefficient (Wildman–Crippen LogP) is 4.45. The molecule has 2 aromatic carbocycles. The normalized spacial score (nSPS) is 19.7. The van der Waals surface area contributed by atoms with Gasteiger partial charge in [-0.3, -0.25) is 10.1 Å². The third-order valence-electron chi connectivity index (χ3n) is 4.92. The van der Waals surface area contributed by atoms with E-state index in [1.807, 2.05) is 0 Å². The number of aliphatic imine (C=N–C) groups is 1. The molecule has 2 aromatic rings. The van der Waals surface area contributed by atoms with Gasteiger partial charge in [-0.15, -0.1) is 0 Å². The number of anilines is 1. The van der Waals surface area contributed by atoms with E-state index < -0.39 is 29.3 Å². The monoisotopic (exact) mass is 440 g/mol. The SMILES string of the molecule is NC1CCC(N=C(NC(=O)c2ccc(F)c(F)c2)Nc2cccc(C(F)(F)F)c2)CC1. The number of carbonyl (C=O) groups excluding carboxylic acids is 1. The van der Waals surface area contributed by atoms with Gasteiger partial charge < -0.3 is 11.1 Å². The summed E-state index contributed by atoms with van der Waals surface area (Å²) in [4.78, 5) is 16.9. The molecule has 5 nitrogen and oxygen atoms in total. The number of hydrogen-bond donors (Lipinski definition) is 3. The zero-order chi connectivity index (χ0) is 22.6. The summed E-state index contributed by atoms with van der Waals surface area (Å²) in [6, 6.07) is 6.91. The number of amides is 1. The largest absolute Gasteiger partial charge is 0.416 e. The van der Waals surface area contributed by atoms with Crippen LogP contribution < -0.4 is 16.4 Å². The molecular formula is C21H21F5N4O. The summed E-state index contributed by atoms with van der Waals surface area (Å²) in [7, 11) is 0. The molecule has 0 heterocycles. The highest BCUT2D eigenvalue weighted by atomic mass is 19.4. The Morgan fingerprint density at radius 2 is 1.71 bits per heavy atom. The number of benzene rings is 2. The number of carbonyl (C=O) groups is 1. The molecule has 4 N–H and O–H groups in total. The molecule has 3 rings (SSSR count). The van der Waals surface area contributed by atoms with E-state index in [0.29, 0.717) is 12.8 Å². The Morgan fingerprint density at radius 1 is 1.00 bits per heavy atom. The van der Waals surface area contributed by atoms with Crippen molar-refractivity contribution in [2.24, 2.45) is 10.7 Å². The van der Waals surface area contributed by atoms with Gasteiger partial charge in [-0.1, -0.05) is 6.07 Å². The Morgan fingerprint density at radius 3 is 2.35 bits per heavy atom. The van der Waals surface area contributed by atoms with E-state index in [0.717, 1.165) is 43.2 Å². The molecule has 1 aliphatic rings. The molecule has 1 saturated carbocycles. The Kier molecular flexibility index (Phi) is 6.89. The second-order valence-corrected chi connectivity index (χ2v) is 7.33. The smallest absolute Gasteiger partial charge is 0.328 e. The Balaban J connectivity index is 1.84. The highest BCUT2D eigenvalue weighted by Crippen LogP contribution is 2.30. The van der Waals surface area contributed by atoms with E-state index in [1.165, 1.54) is 12.1 Å². The first-order valence-corrected chi connectivity index (χ1v) is 9.66. The molecule has 166 valence electrons. The van der Waals surface area contributed by atoms with Crippen molar-refractivity contribution in [3.63, 3.8) is 0 Å². The lowest BCUT2D eigenvalue weighted by Crippen LogP contribution is -2.38. The molecule has 1 aliphatic carbocycles. The maximum atomic E-state index is 13.5. The van der Waals surface area contributed by atoms with Gasteiger partial charge in [0.1, 0.15) is 0 Å². The molecular weight excluding hydrogens is 419 g/mol. The summed E-state index contributed by atoms with van der Waals surface area (Å²) >= 11 is 0. The van der Waals surface area contributed by atoms with Crippen molar-refractivity contribution in [1.82, 2.24) is 5.32 Å². The second-order valence-electron chi connectivity index (χ2n) is 7.33. The van der Waals surface area contributed by atoms with Crippen LogP contribution >= 0.6 is 0 Å². The van der Waals surface area contributed by atoms with Crippen molar-refractivity contribution in [1.29, 1.82) is 0 Å². The number of guanidine groups is 1. The molecule has 31 heavy (non-hydrogen) atoms. The third kappa shape index (κ3) is 6.24. The van der Waals surface area contributed by atoms with Crippen LogP contribution in [0.1, 0.15) is 41.6 Å². The highest BCUT2D eigenvalue weighted by Gasteiger charge is 2.30. The third-order valence-corrected chi connectivity index (χ3v) is 4.92. The maximum absolute atomic E-state index is 13.5. The molecule has 0 unspecified atom stereocenters. The first-order valence-electron chi connectivity index (χ1n) is 9.66. The van der Waals surface area contributed by atoms with E-state index in [1.54, 1.807) is 0 Å². The van der Waals surface area contributed by atoms with Crippen LogP contribution in [0.3, 0.4) is 0 Å². The van der Waals surface area contributed by atoms with Gasteiger partial charge in [0.2, 0.25) is 5.96 Å². The van der Waals surface area contributed by atoms with Gasteiger partial charge in [0.15, 0.2) is 11.6 Å². The van der Waals surface area contributed by atoms with Gasteiger partial charge >= 0.3 is 6.18 Å². The van der Waals surface area contributed by atoms with E-state index in [-0.39, 0.29) is 29.3 Å². The van der Waals surface area contributed by atoms with E-state index in [9.17, 15) is 26.7 Å². The van der Waals surface area contributed by atoms with Crippen molar-refractivity contribution < 1.29 is 26.7 Å². The van der Waals surface area contributed by atoms with Crippen LogP contribution in [-0.4, -0.2) is 24.0 Å². The van der Waals surface area contributed by atoms with Crippen LogP contribution in [-0.2, 0) is 6.18 Å². The lowest BCUT2D eigenvalue weighted by molar-refractivity contribution is -0.137. The molecule has 10 heteroatoms. The van der Waals surface area contributed by atoms with E-state index >= 15 is 0 Å². The van der Waals surface area contributed by atoms with E-state index in [2.05, 4.69) is 15.6 Å². The number of halogens is 5. The summed E-state index contributed by atoms with van der Waals surface area (Å²) in [6.45, 7) is 0. The fourth-order valence-electron chi connectivity index (χ4n) is 3.24. The van der Waals surface area contributed by atoms with Gasteiger partial charge in [0.05, 0.1) is 11.6 Å². The maximum Gasteiger partial charge on any atom is 0.416 e. The minimum absolute atomic E-state index is 0.0584. The van der Waals surface area contributed by atoms with Gasteiger partial charge in [-0.2, -0.15) is 13.2 Å². The summed E-state index contributed by atoms with van der Waals surface area (Å²) < 4.78 is 65.6. The molecule has 1 amide bonds. The van der Waals surface area contributed by atoms with Gasteiger partial charge in [-0.05, 0) is 62.1 Å². The molecule has 0 saturated heterocycles. The Labute approximate surface area is 175 Å². The Bertz CT molecular complexity index is 968. The fourth-order valence-corrected chi connectivity index (χ4v) is 3.24. The van der Waals surface area contributed by atoms with Gasteiger partial charge in [-0.25, -0.2) is 13.8 Å². The topological polar surface area (TPSA) is 79.5 Å². The molecule has 0 aliphatic heterocycles. The van der Waals surface area contributed by atoms with Crippen LogP contribution in [0, 0.1) is 11.6 Å². The molecule has 0 radical (unpaired) electrons. The van der Waals surface area contributed by atoms with Crippen molar-refractivity contribution in [2.45, 2.75) is 43.9 Å². The van der Waals surface area contributed by atoms with E-state index in [4.69, 9.17) is 5.73 Å². The van der Waals surface area contributed by atoms with Crippen molar-refractivity contribution in [2.75, 3.05) is 5.32 Å². The first kappa shape index (κ1) is 22.7. The number of hydrogen-bond acceptors (Lipinski definition) is 3. The zero-order valence-electron chi connectivity index (χ0n) is 16.3. The zero-order valence-corrected chi connectivity index (χ0v) is 16.3. The molecule has 1 fully saturated rings. The van der Waals surface area contributed by atoms with Crippen LogP contribution in [0.2, 0.25) is 0 Å². The van der Waals surface area contributed by atoms with Crippen LogP contribution in [0.15, 0.2) is 47.5 Å². The van der Waals surface area contributed by atoms with Gasteiger partial charge in [0, 0.05) is 17.3 Å². The van der Waals surface area contributed by atoms with Crippen molar-refractivity contribution >= 4 is 17.6 Å². The Hall–Kier alpha value is -3.01. The summed E-state index contributed by atoms with van der Waals surface area (Å²) in [5.41, 5.74) is 4.92. The minimum Gasteiger partial charge on any atom is -0.328 e. The number of alkyl halides is 3. The summed E-state index contributed by atoms with van der Waals surface area (Å²) in [6.07, 6.45) is -1.79. The number of nitrogens with zero attached hydrogens (tertiary/aromatic N) is 1. The average Bonchev–Trinajstić information content (AvgIpc) is 2.71. The fraction of sp³-hybridized carbons (Fsp3) is 0.333. The highest BCUT2D eigenvalue weighted by molar-refractivity contribution is 6.10. The molecule has 0 bridgehead atoms. The molecule has 0 atom stereocenters. The predicted molar refractivity (Wildman–Crippen MR) is 107 cm³/mol. The lowest BCUT2D eigenvalue weighted by atomic mass is 9.92. The number of nitrogens with one attached hydrogen (secondary N) is 2. The van der Waals surface area contributed by atoms with Crippen LogP contribution in [0.25, 0.3) is 0 Å². The number of nitrogens with two attached hydrogens (primary N) is 1. The molecule has 0 spiro atoms.